The summed E-state index contributed by atoms with van der Waals surface area (Å²) >= 11 is 8.86. The van der Waals surface area contributed by atoms with E-state index in [0.29, 0.717) is 0 Å². The van der Waals surface area contributed by atoms with Crippen LogP contribution in [0.5, 0.6) is 0 Å². The minimum Gasteiger partial charge on any atom is -0.235 e. The molecule has 0 aliphatic heterocycles. The molecule has 0 aliphatic rings. The van der Waals surface area contributed by atoms with E-state index in [0.717, 1.165) is 19.5 Å². The number of thiazole rings is 1. The number of hydrogen-bond acceptors (Lipinski definition) is 2. The number of benzene rings is 4. The van der Waals surface area contributed by atoms with Crippen LogP contribution in [-0.2, 0) is 0 Å². The summed E-state index contributed by atoms with van der Waals surface area (Å²) in [6.07, 6.45) is 0. The van der Waals surface area contributed by atoms with Crippen molar-refractivity contribution in [1.29, 1.82) is 0 Å². The van der Waals surface area contributed by atoms with Crippen LogP contribution < -0.4 is 0 Å². The highest BCUT2D eigenvalue weighted by atomic mass is 79.9. The molecule has 25 heavy (non-hydrogen) atoms. The van der Waals surface area contributed by atoms with Crippen LogP contribution in [0.2, 0.25) is 0 Å². The lowest BCUT2D eigenvalue weighted by Gasteiger charge is -2.04. The molecule has 0 spiro atoms. The van der Waals surface area contributed by atoms with Crippen molar-refractivity contribution in [2.75, 3.05) is 0 Å². The SMILES string of the molecule is Brc1ccc2c(-c3nc4c(ccc5cc(Br)ccc54)s3)cccc2c1. The Hall–Kier alpha value is -1.75. The molecular weight excluding hydrogens is 458 g/mol. The summed E-state index contributed by atoms with van der Waals surface area (Å²) in [5, 5.41) is 5.93. The Balaban J connectivity index is 1.80. The Kier molecular flexibility index (Phi) is 3.66. The fourth-order valence-electron chi connectivity index (χ4n) is 3.25. The van der Waals surface area contributed by atoms with E-state index in [2.05, 4.69) is 98.6 Å². The second kappa shape index (κ2) is 5.90. The molecule has 0 fully saturated rings. The first-order valence-corrected chi connectivity index (χ1v) is 10.3. The summed E-state index contributed by atoms with van der Waals surface area (Å²) in [7, 11) is 0. The molecule has 0 saturated heterocycles. The Labute approximate surface area is 165 Å². The van der Waals surface area contributed by atoms with E-state index >= 15 is 0 Å². The Morgan fingerprint density at radius 1 is 0.720 bits per heavy atom. The topological polar surface area (TPSA) is 12.9 Å². The van der Waals surface area contributed by atoms with Crippen LogP contribution in [0.4, 0.5) is 0 Å². The quantitative estimate of drug-likeness (QED) is 0.244. The molecule has 5 aromatic rings. The first-order valence-electron chi connectivity index (χ1n) is 7.86. The number of rotatable bonds is 1. The molecule has 0 atom stereocenters. The third-order valence-corrected chi connectivity index (χ3v) is 6.45. The van der Waals surface area contributed by atoms with Gasteiger partial charge in [0.25, 0.3) is 0 Å². The molecule has 0 aliphatic carbocycles. The van der Waals surface area contributed by atoms with E-state index in [1.165, 1.54) is 31.8 Å². The molecule has 1 nitrogen and oxygen atoms in total. The van der Waals surface area contributed by atoms with E-state index < -0.39 is 0 Å². The Morgan fingerprint density at radius 3 is 2.24 bits per heavy atom. The zero-order valence-corrected chi connectivity index (χ0v) is 17.0. The summed E-state index contributed by atoms with van der Waals surface area (Å²) < 4.78 is 3.41. The van der Waals surface area contributed by atoms with Crippen molar-refractivity contribution in [3.63, 3.8) is 0 Å². The fourth-order valence-corrected chi connectivity index (χ4v) is 5.03. The second-order valence-electron chi connectivity index (χ2n) is 5.97. The van der Waals surface area contributed by atoms with Crippen LogP contribution in [0.15, 0.2) is 75.7 Å². The van der Waals surface area contributed by atoms with Gasteiger partial charge in [0, 0.05) is 19.9 Å². The summed E-state index contributed by atoms with van der Waals surface area (Å²) in [6.45, 7) is 0. The molecule has 0 radical (unpaired) electrons. The molecule has 4 aromatic carbocycles. The molecule has 0 unspecified atom stereocenters. The lowest BCUT2D eigenvalue weighted by Crippen LogP contribution is -1.81. The molecule has 0 bridgehead atoms. The van der Waals surface area contributed by atoms with Crippen LogP contribution in [-0.4, -0.2) is 4.98 Å². The first kappa shape index (κ1) is 15.5. The van der Waals surface area contributed by atoms with Gasteiger partial charge in [-0.1, -0.05) is 68.3 Å². The van der Waals surface area contributed by atoms with Gasteiger partial charge in [0.1, 0.15) is 5.01 Å². The Morgan fingerprint density at radius 2 is 1.44 bits per heavy atom. The van der Waals surface area contributed by atoms with Gasteiger partial charge in [0.2, 0.25) is 0 Å². The second-order valence-corrected chi connectivity index (χ2v) is 8.83. The maximum absolute atomic E-state index is 5.00. The molecule has 4 heteroatoms. The van der Waals surface area contributed by atoms with Crippen molar-refractivity contribution in [2.45, 2.75) is 0 Å². The molecule has 120 valence electrons. The average Bonchev–Trinajstić information content (AvgIpc) is 3.05. The van der Waals surface area contributed by atoms with Crippen molar-refractivity contribution >= 4 is 75.0 Å². The third kappa shape index (κ3) is 2.60. The fraction of sp³-hybridized carbons (Fsp3) is 0. The molecule has 0 amide bonds. The van der Waals surface area contributed by atoms with Crippen molar-refractivity contribution in [2.24, 2.45) is 0 Å². The smallest absolute Gasteiger partial charge is 0.125 e. The highest BCUT2D eigenvalue weighted by Gasteiger charge is 2.12. The zero-order chi connectivity index (χ0) is 17.0. The number of halogens is 2. The van der Waals surface area contributed by atoms with Crippen molar-refractivity contribution in [3.05, 3.63) is 75.7 Å². The monoisotopic (exact) mass is 467 g/mol. The average molecular weight is 469 g/mol. The predicted molar refractivity (Wildman–Crippen MR) is 115 cm³/mol. The van der Waals surface area contributed by atoms with E-state index in [1.807, 2.05) is 0 Å². The standard InChI is InChI=1S/C21H11Br2NS/c22-14-5-7-16-12(10-14)2-1-3-18(16)21-24-20-17-8-6-15(23)11-13(17)4-9-19(20)25-21/h1-11H. The van der Waals surface area contributed by atoms with E-state index in [9.17, 15) is 0 Å². The normalized spacial score (nSPS) is 11.6. The van der Waals surface area contributed by atoms with E-state index in [4.69, 9.17) is 4.98 Å². The number of fused-ring (bicyclic) bond motifs is 4. The van der Waals surface area contributed by atoms with Crippen molar-refractivity contribution < 1.29 is 0 Å². The van der Waals surface area contributed by atoms with Gasteiger partial charge < -0.3 is 0 Å². The molecule has 1 aromatic heterocycles. The van der Waals surface area contributed by atoms with Crippen LogP contribution in [0.1, 0.15) is 0 Å². The van der Waals surface area contributed by atoms with E-state index in [-0.39, 0.29) is 0 Å². The number of nitrogens with zero attached hydrogens (tertiary/aromatic N) is 1. The largest absolute Gasteiger partial charge is 0.235 e. The summed E-state index contributed by atoms with van der Waals surface area (Å²) in [6, 6.07) is 23.5. The number of hydrogen-bond donors (Lipinski definition) is 0. The predicted octanol–water partition coefficient (Wildman–Crippen LogP) is 7.79. The zero-order valence-electron chi connectivity index (χ0n) is 13.0. The molecular formula is C21H11Br2NS. The van der Waals surface area contributed by atoms with Gasteiger partial charge in [-0.25, -0.2) is 4.98 Å². The van der Waals surface area contributed by atoms with Crippen molar-refractivity contribution in [3.8, 4) is 10.6 Å². The van der Waals surface area contributed by atoms with E-state index in [1.54, 1.807) is 11.3 Å². The molecule has 0 saturated carbocycles. The summed E-state index contributed by atoms with van der Waals surface area (Å²) in [5.74, 6) is 0. The Bertz CT molecular complexity index is 1270. The van der Waals surface area contributed by atoms with Gasteiger partial charge in [-0.05, 0) is 46.5 Å². The summed E-state index contributed by atoms with van der Waals surface area (Å²) in [5.41, 5.74) is 2.27. The van der Waals surface area contributed by atoms with Gasteiger partial charge in [0.05, 0.1) is 10.2 Å². The lowest BCUT2D eigenvalue weighted by molar-refractivity contribution is 1.50. The minimum absolute atomic E-state index is 1.07. The molecule has 1 heterocycles. The molecule has 0 N–H and O–H groups in total. The molecule has 5 rings (SSSR count). The number of aromatic nitrogens is 1. The van der Waals surface area contributed by atoms with Gasteiger partial charge in [-0.2, -0.15) is 0 Å². The van der Waals surface area contributed by atoms with Crippen molar-refractivity contribution in [1.82, 2.24) is 4.98 Å². The van der Waals surface area contributed by atoms with Crippen LogP contribution in [0, 0.1) is 0 Å². The van der Waals surface area contributed by atoms with Crippen LogP contribution >= 0.6 is 43.2 Å². The highest BCUT2D eigenvalue weighted by Crippen LogP contribution is 2.38. The van der Waals surface area contributed by atoms with Gasteiger partial charge in [-0.3, -0.25) is 0 Å². The van der Waals surface area contributed by atoms with Crippen LogP contribution in [0.25, 0.3) is 42.3 Å². The first-order chi connectivity index (χ1) is 12.2. The highest BCUT2D eigenvalue weighted by molar-refractivity contribution is 9.10. The maximum Gasteiger partial charge on any atom is 0.125 e. The van der Waals surface area contributed by atoms with Crippen LogP contribution in [0.3, 0.4) is 0 Å². The lowest BCUT2D eigenvalue weighted by atomic mass is 10.1. The van der Waals surface area contributed by atoms with Gasteiger partial charge >= 0.3 is 0 Å². The third-order valence-electron chi connectivity index (χ3n) is 4.41. The van der Waals surface area contributed by atoms with Gasteiger partial charge in [0.15, 0.2) is 0 Å². The minimum atomic E-state index is 1.07. The maximum atomic E-state index is 5.00. The summed E-state index contributed by atoms with van der Waals surface area (Å²) in [4.78, 5) is 5.00. The van der Waals surface area contributed by atoms with Gasteiger partial charge in [-0.15, -0.1) is 11.3 Å².